The van der Waals surface area contributed by atoms with Crippen molar-refractivity contribution in [3.63, 3.8) is 0 Å². The Morgan fingerprint density at radius 3 is 2.10 bits per heavy atom. The second-order valence-electron chi connectivity index (χ2n) is 5.60. The van der Waals surface area contributed by atoms with Crippen molar-refractivity contribution < 1.29 is 23.1 Å². The first-order valence-electron chi connectivity index (χ1n) is 6.95. The van der Waals surface area contributed by atoms with E-state index in [9.17, 15) is 18.0 Å². The number of sulfonamides is 1. The third kappa shape index (κ3) is 3.29. The first kappa shape index (κ1) is 16.0. The van der Waals surface area contributed by atoms with Crippen LogP contribution in [0.5, 0.6) is 0 Å². The second kappa shape index (κ2) is 5.80. The lowest BCUT2D eigenvalue weighted by molar-refractivity contribution is -0.142. The molecule has 2 rings (SSSR count). The lowest BCUT2D eigenvalue weighted by Gasteiger charge is -2.36. The average Bonchev–Trinajstić information content (AvgIpc) is 2.79. The summed E-state index contributed by atoms with van der Waals surface area (Å²) in [6, 6.07) is -0.526. The first-order chi connectivity index (χ1) is 9.71. The molecule has 0 aromatic rings. The fourth-order valence-electron chi connectivity index (χ4n) is 2.93. The van der Waals surface area contributed by atoms with Gasteiger partial charge in [-0.1, -0.05) is 0 Å². The van der Waals surface area contributed by atoms with E-state index in [0.717, 1.165) is 6.26 Å². The van der Waals surface area contributed by atoms with E-state index >= 15 is 0 Å². The van der Waals surface area contributed by atoms with Crippen LogP contribution in [0.25, 0.3) is 0 Å². The normalized spacial score (nSPS) is 27.9. The minimum Gasteiger partial charge on any atom is -0.481 e. The number of urea groups is 1. The maximum atomic E-state index is 12.4. The number of carbonyl (C=O) groups is 2. The number of amides is 2. The van der Waals surface area contributed by atoms with E-state index in [4.69, 9.17) is 5.11 Å². The molecule has 0 radical (unpaired) electrons. The molecule has 21 heavy (non-hydrogen) atoms. The lowest BCUT2D eigenvalue weighted by atomic mass is 10.0. The van der Waals surface area contributed by atoms with Crippen LogP contribution in [0.3, 0.4) is 0 Å². The van der Waals surface area contributed by atoms with Gasteiger partial charge < -0.3 is 14.9 Å². The van der Waals surface area contributed by atoms with Crippen LogP contribution < -0.4 is 0 Å². The number of carboxylic acid groups (broad SMARTS) is 1. The molecule has 2 heterocycles. The molecule has 2 saturated heterocycles. The van der Waals surface area contributed by atoms with E-state index in [-0.39, 0.29) is 25.2 Å². The predicted molar refractivity (Wildman–Crippen MR) is 75.3 cm³/mol. The zero-order chi connectivity index (χ0) is 15.8. The molecule has 0 aromatic carbocycles. The number of carbonyl (C=O) groups excluding carboxylic acids is 1. The number of aliphatic carboxylic acids is 1. The van der Waals surface area contributed by atoms with E-state index in [2.05, 4.69) is 0 Å². The topological polar surface area (TPSA) is 98.2 Å². The highest BCUT2D eigenvalue weighted by Crippen LogP contribution is 2.25. The molecule has 120 valence electrons. The summed E-state index contributed by atoms with van der Waals surface area (Å²) in [5.74, 6) is -1.40. The van der Waals surface area contributed by atoms with Crippen LogP contribution in [0.4, 0.5) is 4.79 Å². The molecule has 2 fully saturated rings. The molecule has 2 unspecified atom stereocenters. The van der Waals surface area contributed by atoms with Crippen molar-refractivity contribution in [1.29, 1.82) is 0 Å². The molecule has 0 spiro atoms. The van der Waals surface area contributed by atoms with Crippen molar-refractivity contribution in [3.05, 3.63) is 0 Å². The van der Waals surface area contributed by atoms with Gasteiger partial charge in [-0.15, -0.1) is 0 Å². The van der Waals surface area contributed by atoms with Crippen LogP contribution in [-0.2, 0) is 14.8 Å². The standard InChI is InChI=1S/C12H21N3O5S/c1-9-10(11(16)17)3-4-15(9)12(18)13-5-7-14(8-6-13)21(2,19)20/h9-10H,3-8H2,1-2H3,(H,16,17). The molecular weight excluding hydrogens is 298 g/mol. The van der Waals surface area contributed by atoms with Gasteiger partial charge in [0.15, 0.2) is 0 Å². The molecule has 0 aromatic heterocycles. The molecular formula is C12H21N3O5S. The molecule has 2 atom stereocenters. The van der Waals surface area contributed by atoms with Crippen molar-refractivity contribution >= 4 is 22.0 Å². The predicted octanol–water partition coefficient (Wildman–Crippen LogP) is -0.521. The summed E-state index contributed by atoms with van der Waals surface area (Å²) in [7, 11) is -3.22. The van der Waals surface area contributed by atoms with Crippen LogP contribution in [0.1, 0.15) is 13.3 Å². The summed E-state index contributed by atoms with van der Waals surface area (Å²) in [6.07, 6.45) is 1.62. The van der Waals surface area contributed by atoms with Crippen LogP contribution in [0, 0.1) is 5.92 Å². The van der Waals surface area contributed by atoms with Crippen molar-refractivity contribution in [3.8, 4) is 0 Å². The van der Waals surface area contributed by atoms with Gasteiger partial charge in [-0.25, -0.2) is 13.2 Å². The van der Waals surface area contributed by atoms with Gasteiger partial charge in [0, 0.05) is 38.8 Å². The van der Waals surface area contributed by atoms with E-state index in [0.29, 0.717) is 26.1 Å². The maximum absolute atomic E-state index is 12.4. The van der Waals surface area contributed by atoms with E-state index in [1.807, 2.05) is 0 Å². The highest BCUT2D eigenvalue weighted by atomic mass is 32.2. The molecule has 0 saturated carbocycles. The van der Waals surface area contributed by atoms with Gasteiger partial charge in [0.25, 0.3) is 0 Å². The largest absolute Gasteiger partial charge is 0.481 e. The number of rotatable bonds is 2. The Balaban J connectivity index is 1.95. The smallest absolute Gasteiger partial charge is 0.320 e. The van der Waals surface area contributed by atoms with Crippen LogP contribution >= 0.6 is 0 Å². The fourth-order valence-corrected chi connectivity index (χ4v) is 3.76. The van der Waals surface area contributed by atoms with Gasteiger partial charge in [-0.2, -0.15) is 4.31 Å². The fraction of sp³-hybridized carbons (Fsp3) is 0.833. The first-order valence-corrected chi connectivity index (χ1v) is 8.80. The number of nitrogens with zero attached hydrogens (tertiary/aromatic N) is 3. The summed E-state index contributed by atoms with van der Waals surface area (Å²) in [5.41, 5.74) is 0. The van der Waals surface area contributed by atoms with Crippen molar-refractivity contribution in [2.24, 2.45) is 5.92 Å². The summed E-state index contributed by atoms with van der Waals surface area (Å²) in [5, 5.41) is 9.09. The van der Waals surface area contributed by atoms with E-state index in [1.165, 1.54) is 4.31 Å². The van der Waals surface area contributed by atoms with Gasteiger partial charge in [0.05, 0.1) is 12.2 Å². The lowest BCUT2D eigenvalue weighted by Crippen LogP contribution is -2.54. The van der Waals surface area contributed by atoms with Crippen molar-refractivity contribution in [1.82, 2.24) is 14.1 Å². The van der Waals surface area contributed by atoms with E-state index in [1.54, 1.807) is 16.7 Å². The molecule has 0 bridgehead atoms. The molecule has 9 heteroatoms. The van der Waals surface area contributed by atoms with Gasteiger partial charge >= 0.3 is 12.0 Å². The number of hydrogen-bond donors (Lipinski definition) is 1. The summed E-state index contributed by atoms with van der Waals surface area (Å²) < 4.78 is 24.2. The maximum Gasteiger partial charge on any atom is 0.320 e. The molecule has 0 aliphatic carbocycles. The van der Waals surface area contributed by atoms with Crippen LogP contribution in [-0.4, -0.2) is 84.7 Å². The summed E-state index contributed by atoms with van der Waals surface area (Å²) in [4.78, 5) is 26.7. The molecule has 2 aliphatic heterocycles. The second-order valence-corrected chi connectivity index (χ2v) is 7.58. The minimum absolute atomic E-state index is 0.195. The zero-order valence-corrected chi connectivity index (χ0v) is 13.0. The Kier molecular flexibility index (Phi) is 4.43. The summed E-state index contributed by atoms with van der Waals surface area (Å²) >= 11 is 0. The van der Waals surface area contributed by atoms with Crippen LogP contribution in [0.2, 0.25) is 0 Å². The molecule has 2 amide bonds. The minimum atomic E-state index is -3.22. The summed E-state index contributed by atoms with van der Waals surface area (Å²) in [6.45, 7) is 3.43. The highest BCUT2D eigenvalue weighted by molar-refractivity contribution is 7.88. The van der Waals surface area contributed by atoms with Gasteiger partial charge in [0.2, 0.25) is 10.0 Å². The Morgan fingerprint density at radius 2 is 1.67 bits per heavy atom. The van der Waals surface area contributed by atoms with E-state index < -0.39 is 21.9 Å². The Morgan fingerprint density at radius 1 is 1.10 bits per heavy atom. The van der Waals surface area contributed by atoms with Crippen molar-refractivity contribution in [2.75, 3.05) is 39.0 Å². The van der Waals surface area contributed by atoms with Gasteiger partial charge in [-0.05, 0) is 13.3 Å². The number of carboxylic acids is 1. The SMILES string of the molecule is CC1C(C(=O)O)CCN1C(=O)N1CCN(S(C)(=O)=O)CC1. The molecule has 2 aliphatic rings. The zero-order valence-electron chi connectivity index (χ0n) is 12.2. The number of likely N-dealkylation sites (tertiary alicyclic amines) is 1. The van der Waals surface area contributed by atoms with Crippen molar-refractivity contribution in [2.45, 2.75) is 19.4 Å². The van der Waals surface area contributed by atoms with Gasteiger partial charge in [-0.3, -0.25) is 4.79 Å². The third-order valence-electron chi connectivity index (χ3n) is 4.30. The Hall–Kier alpha value is -1.35. The molecule has 1 N–H and O–H groups in total. The highest BCUT2D eigenvalue weighted by Gasteiger charge is 2.40. The Bertz CT molecular complexity index is 527. The quantitative estimate of drug-likeness (QED) is 0.738. The number of piperazine rings is 1. The monoisotopic (exact) mass is 319 g/mol. The Labute approximate surface area is 124 Å². The third-order valence-corrected chi connectivity index (χ3v) is 5.60. The number of hydrogen-bond acceptors (Lipinski definition) is 4. The molecule has 8 nitrogen and oxygen atoms in total. The average molecular weight is 319 g/mol. The van der Waals surface area contributed by atoms with Gasteiger partial charge in [0.1, 0.15) is 0 Å². The van der Waals surface area contributed by atoms with Crippen LogP contribution in [0.15, 0.2) is 0 Å².